The van der Waals surface area contributed by atoms with Gasteiger partial charge in [0.25, 0.3) is 5.91 Å². The van der Waals surface area contributed by atoms with E-state index in [-0.39, 0.29) is 33.9 Å². The van der Waals surface area contributed by atoms with Crippen molar-refractivity contribution in [2.75, 3.05) is 12.4 Å². The number of rotatable bonds is 8. The molecule has 2 aromatic carbocycles. The van der Waals surface area contributed by atoms with Crippen molar-refractivity contribution in [1.82, 2.24) is 4.72 Å². The van der Waals surface area contributed by atoms with Gasteiger partial charge in [0.1, 0.15) is 16.5 Å². The summed E-state index contributed by atoms with van der Waals surface area (Å²) in [6.45, 7) is 3.37. The third kappa shape index (κ3) is 6.32. The molecule has 10 heteroatoms. The molecule has 0 radical (unpaired) electrons. The van der Waals surface area contributed by atoms with Crippen LogP contribution in [0.5, 0.6) is 5.75 Å². The highest BCUT2D eigenvalue weighted by Crippen LogP contribution is 2.29. The van der Waals surface area contributed by atoms with E-state index < -0.39 is 33.8 Å². The molecule has 0 spiro atoms. The number of carbonyl (C=O) groups excluding carboxylic acids is 2. The molecule has 1 saturated carbocycles. The molecule has 0 aliphatic heterocycles. The van der Waals surface area contributed by atoms with E-state index in [1.165, 1.54) is 50.4 Å². The number of benzene rings is 2. The summed E-state index contributed by atoms with van der Waals surface area (Å²) in [5, 5.41) is 2.46. The number of methoxy groups -OCH3 is 1. The number of nitrogens with one attached hydrogen (secondary N) is 2. The Hall–Kier alpha value is -2.98. The van der Waals surface area contributed by atoms with Gasteiger partial charge in [-0.2, -0.15) is 0 Å². The maximum atomic E-state index is 13.3. The van der Waals surface area contributed by atoms with E-state index in [0.29, 0.717) is 0 Å². The molecular weight excluding hydrogens is 463 g/mol. The standard InChI is InChI=1S/C24H29FN2O6S/c1-15-7-4-5-10-20(15)27-34(30,31)22-13-17(11-12-21(22)32-3)24(29)33-16(2)23(28)26-19-9-6-8-18(25)14-19/h6,8-9,11-16,20,27H,4-5,7,10H2,1-3H3,(H,26,28). The zero-order valence-corrected chi connectivity index (χ0v) is 20.2. The molecule has 2 N–H and O–H groups in total. The van der Waals surface area contributed by atoms with Gasteiger partial charge in [0.2, 0.25) is 10.0 Å². The first-order chi connectivity index (χ1) is 16.1. The number of esters is 1. The minimum Gasteiger partial charge on any atom is -0.495 e. The Morgan fingerprint density at radius 3 is 2.53 bits per heavy atom. The second-order valence-corrected chi connectivity index (χ2v) is 10.1. The second kappa shape index (κ2) is 11.0. The summed E-state index contributed by atoms with van der Waals surface area (Å²) in [7, 11) is -2.64. The molecule has 34 heavy (non-hydrogen) atoms. The molecule has 0 aromatic heterocycles. The molecule has 3 unspecified atom stereocenters. The number of anilines is 1. The SMILES string of the molecule is COc1ccc(C(=O)OC(C)C(=O)Nc2cccc(F)c2)cc1S(=O)(=O)NC1CCCCC1C. The molecule has 0 bridgehead atoms. The molecule has 3 rings (SSSR count). The number of halogens is 1. The summed E-state index contributed by atoms with van der Waals surface area (Å²) in [5.41, 5.74) is 0.164. The smallest absolute Gasteiger partial charge is 0.338 e. The summed E-state index contributed by atoms with van der Waals surface area (Å²) >= 11 is 0. The van der Waals surface area contributed by atoms with Gasteiger partial charge in [-0.25, -0.2) is 22.3 Å². The van der Waals surface area contributed by atoms with Gasteiger partial charge in [-0.1, -0.05) is 25.8 Å². The molecule has 0 saturated heterocycles. The van der Waals surface area contributed by atoms with Crippen LogP contribution in [0, 0.1) is 11.7 Å². The topological polar surface area (TPSA) is 111 Å². The highest BCUT2D eigenvalue weighted by Gasteiger charge is 2.30. The van der Waals surface area contributed by atoms with Crippen LogP contribution >= 0.6 is 0 Å². The number of hydrogen-bond acceptors (Lipinski definition) is 6. The molecule has 1 fully saturated rings. The van der Waals surface area contributed by atoms with Crippen LogP contribution in [-0.4, -0.2) is 39.5 Å². The van der Waals surface area contributed by atoms with Crippen molar-refractivity contribution in [3.8, 4) is 5.75 Å². The quantitative estimate of drug-likeness (QED) is 0.541. The fourth-order valence-corrected chi connectivity index (χ4v) is 5.43. The minimum absolute atomic E-state index is 0.0525. The number of amides is 1. The van der Waals surface area contributed by atoms with Crippen LogP contribution in [0.25, 0.3) is 0 Å². The Bertz CT molecular complexity index is 1150. The Morgan fingerprint density at radius 2 is 1.85 bits per heavy atom. The Morgan fingerprint density at radius 1 is 1.12 bits per heavy atom. The predicted octanol–water partition coefficient (Wildman–Crippen LogP) is 3.88. The Kier molecular flexibility index (Phi) is 8.27. The van der Waals surface area contributed by atoms with Crippen LogP contribution in [0.4, 0.5) is 10.1 Å². The highest BCUT2D eigenvalue weighted by atomic mass is 32.2. The average Bonchev–Trinajstić information content (AvgIpc) is 2.80. The summed E-state index contributed by atoms with van der Waals surface area (Å²) < 4.78 is 52.7. The number of ether oxygens (including phenoxy) is 2. The lowest BCUT2D eigenvalue weighted by molar-refractivity contribution is -0.123. The second-order valence-electron chi connectivity index (χ2n) is 8.40. The molecule has 2 aromatic rings. The predicted molar refractivity (Wildman–Crippen MR) is 125 cm³/mol. The van der Waals surface area contributed by atoms with Gasteiger partial charge in [-0.15, -0.1) is 0 Å². The fourth-order valence-electron chi connectivity index (χ4n) is 3.86. The van der Waals surface area contributed by atoms with Crippen molar-refractivity contribution in [2.45, 2.75) is 56.6 Å². The maximum absolute atomic E-state index is 13.3. The van der Waals surface area contributed by atoms with E-state index in [4.69, 9.17) is 9.47 Å². The van der Waals surface area contributed by atoms with Gasteiger partial charge in [-0.3, -0.25) is 4.79 Å². The highest BCUT2D eigenvalue weighted by molar-refractivity contribution is 7.89. The van der Waals surface area contributed by atoms with E-state index in [1.807, 2.05) is 6.92 Å². The number of hydrogen-bond donors (Lipinski definition) is 2. The van der Waals surface area contributed by atoms with Gasteiger partial charge in [-0.05, 0) is 62.1 Å². The van der Waals surface area contributed by atoms with Crippen molar-refractivity contribution in [1.29, 1.82) is 0 Å². The number of carbonyl (C=O) groups is 2. The summed E-state index contributed by atoms with van der Waals surface area (Å²) in [6.07, 6.45) is 2.47. The summed E-state index contributed by atoms with van der Waals surface area (Å²) in [6, 6.07) is 9.00. The lowest BCUT2D eigenvalue weighted by atomic mass is 9.87. The summed E-state index contributed by atoms with van der Waals surface area (Å²) in [5.74, 6) is -1.78. The van der Waals surface area contributed by atoms with E-state index in [9.17, 15) is 22.4 Å². The van der Waals surface area contributed by atoms with E-state index >= 15 is 0 Å². The van der Waals surface area contributed by atoms with Gasteiger partial charge in [0.05, 0.1) is 12.7 Å². The third-order valence-electron chi connectivity index (χ3n) is 5.85. The summed E-state index contributed by atoms with van der Waals surface area (Å²) in [4.78, 5) is 24.8. The van der Waals surface area contributed by atoms with Crippen LogP contribution in [0.1, 0.15) is 49.9 Å². The first-order valence-corrected chi connectivity index (χ1v) is 12.6. The Labute approximate surface area is 198 Å². The van der Waals surface area contributed by atoms with Crippen LogP contribution in [0.2, 0.25) is 0 Å². The molecule has 184 valence electrons. The maximum Gasteiger partial charge on any atom is 0.338 e. The van der Waals surface area contributed by atoms with Gasteiger partial charge < -0.3 is 14.8 Å². The third-order valence-corrected chi connectivity index (χ3v) is 7.36. The van der Waals surface area contributed by atoms with Crippen molar-refractivity contribution in [2.24, 2.45) is 5.92 Å². The van der Waals surface area contributed by atoms with Gasteiger partial charge >= 0.3 is 5.97 Å². The molecular formula is C24H29FN2O6S. The van der Waals surface area contributed by atoms with Crippen LogP contribution in [0.3, 0.4) is 0 Å². The van der Waals surface area contributed by atoms with Crippen LogP contribution < -0.4 is 14.8 Å². The first kappa shape index (κ1) is 25.6. The van der Waals surface area contributed by atoms with Gasteiger partial charge in [0, 0.05) is 11.7 Å². The monoisotopic (exact) mass is 492 g/mol. The first-order valence-electron chi connectivity index (χ1n) is 11.1. The normalized spacial score (nSPS) is 19.2. The molecule has 1 amide bonds. The van der Waals surface area contributed by atoms with E-state index in [1.54, 1.807) is 0 Å². The minimum atomic E-state index is -3.98. The van der Waals surface area contributed by atoms with Crippen molar-refractivity contribution < 1.29 is 31.9 Å². The zero-order chi connectivity index (χ0) is 24.9. The molecule has 3 atom stereocenters. The molecule has 0 heterocycles. The van der Waals surface area contributed by atoms with Crippen molar-refractivity contribution >= 4 is 27.6 Å². The average molecular weight is 493 g/mol. The fraction of sp³-hybridized carbons (Fsp3) is 0.417. The zero-order valence-electron chi connectivity index (χ0n) is 19.3. The molecule has 8 nitrogen and oxygen atoms in total. The Balaban J connectivity index is 1.74. The van der Waals surface area contributed by atoms with Crippen molar-refractivity contribution in [3.05, 3.63) is 53.8 Å². The number of sulfonamides is 1. The lowest BCUT2D eigenvalue weighted by Crippen LogP contribution is -2.41. The van der Waals surface area contributed by atoms with Crippen molar-refractivity contribution in [3.63, 3.8) is 0 Å². The molecule has 1 aliphatic carbocycles. The van der Waals surface area contributed by atoms with E-state index in [2.05, 4.69) is 10.0 Å². The largest absolute Gasteiger partial charge is 0.495 e. The van der Waals surface area contributed by atoms with Crippen LogP contribution in [-0.2, 0) is 19.6 Å². The van der Waals surface area contributed by atoms with E-state index in [0.717, 1.165) is 31.7 Å². The van der Waals surface area contributed by atoms with Gasteiger partial charge in [0.15, 0.2) is 6.10 Å². The molecule has 1 aliphatic rings. The lowest BCUT2D eigenvalue weighted by Gasteiger charge is -2.29. The van der Waals surface area contributed by atoms with Crippen LogP contribution in [0.15, 0.2) is 47.4 Å².